The summed E-state index contributed by atoms with van der Waals surface area (Å²) in [6.07, 6.45) is 3.29. The van der Waals surface area contributed by atoms with Crippen molar-refractivity contribution in [3.05, 3.63) is 63.3 Å². The number of aromatic nitrogens is 2. The lowest BCUT2D eigenvalue weighted by Gasteiger charge is -2.27. The van der Waals surface area contributed by atoms with Crippen LogP contribution in [0.15, 0.2) is 52.2 Å². The smallest absolute Gasteiger partial charge is 0.263 e. The zero-order chi connectivity index (χ0) is 22.4. The minimum absolute atomic E-state index is 0.0252. The molecule has 3 aromatic heterocycles. The van der Waals surface area contributed by atoms with Crippen molar-refractivity contribution in [1.29, 1.82) is 0 Å². The fraction of sp³-hybridized carbons (Fsp3) is 0.292. The van der Waals surface area contributed by atoms with Gasteiger partial charge < -0.3 is 14.4 Å². The highest BCUT2D eigenvalue weighted by Crippen LogP contribution is 2.38. The van der Waals surface area contributed by atoms with Crippen LogP contribution in [0.25, 0.3) is 20.7 Å². The number of rotatable bonds is 4. The van der Waals surface area contributed by atoms with Crippen molar-refractivity contribution in [2.75, 3.05) is 19.8 Å². The number of hydrogen-bond donors (Lipinski definition) is 0. The predicted octanol–water partition coefficient (Wildman–Crippen LogP) is 4.32. The maximum absolute atomic E-state index is 13.3. The Morgan fingerprint density at radius 3 is 2.88 bits per heavy atom. The van der Waals surface area contributed by atoms with Gasteiger partial charge in [0.25, 0.3) is 5.56 Å². The molecule has 0 aliphatic carbocycles. The summed E-state index contributed by atoms with van der Waals surface area (Å²) in [7, 11) is 0. The lowest BCUT2D eigenvalue weighted by atomic mass is 10.0. The summed E-state index contributed by atoms with van der Waals surface area (Å²) in [6, 6.07) is 9.81. The van der Waals surface area contributed by atoms with Gasteiger partial charge in [0.15, 0.2) is 11.5 Å². The van der Waals surface area contributed by atoms with E-state index in [2.05, 4.69) is 4.98 Å². The lowest BCUT2D eigenvalue weighted by molar-refractivity contribution is -0.132. The molecule has 5 heterocycles. The summed E-state index contributed by atoms with van der Waals surface area (Å²) in [5.41, 5.74) is 1.75. The fourth-order valence-corrected chi connectivity index (χ4v) is 6.33. The Balaban J connectivity index is 1.28. The third kappa shape index (κ3) is 3.61. The van der Waals surface area contributed by atoms with E-state index in [1.807, 2.05) is 46.0 Å². The average Bonchev–Trinajstić information content (AvgIpc) is 3.60. The fourth-order valence-electron chi connectivity index (χ4n) is 4.61. The van der Waals surface area contributed by atoms with Gasteiger partial charge in [-0.25, -0.2) is 4.98 Å². The van der Waals surface area contributed by atoms with Crippen molar-refractivity contribution in [3.8, 4) is 21.9 Å². The molecule has 1 saturated heterocycles. The van der Waals surface area contributed by atoms with E-state index in [0.29, 0.717) is 30.0 Å². The Morgan fingerprint density at radius 1 is 1.15 bits per heavy atom. The van der Waals surface area contributed by atoms with E-state index >= 15 is 0 Å². The van der Waals surface area contributed by atoms with E-state index in [-0.39, 0.29) is 24.1 Å². The third-order valence-corrected chi connectivity index (χ3v) is 7.97. The zero-order valence-corrected chi connectivity index (χ0v) is 19.4. The number of carbonyl (C=O) groups is 1. The molecular formula is C24H21N3O4S2. The Hall–Kier alpha value is -3.17. The lowest BCUT2D eigenvalue weighted by Crippen LogP contribution is -2.36. The Labute approximate surface area is 197 Å². The normalized spacial score (nSPS) is 17.6. The molecule has 7 nitrogen and oxygen atoms in total. The van der Waals surface area contributed by atoms with Gasteiger partial charge in [0.1, 0.15) is 24.6 Å². The van der Waals surface area contributed by atoms with Gasteiger partial charge >= 0.3 is 0 Å². The highest BCUT2D eigenvalue weighted by Gasteiger charge is 2.31. The van der Waals surface area contributed by atoms with Gasteiger partial charge in [-0.3, -0.25) is 14.2 Å². The van der Waals surface area contributed by atoms with Crippen molar-refractivity contribution >= 4 is 38.8 Å². The van der Waals surface area contributed by atoms with Crippen LogP contribution in [0.3, 0.4) is 0 Å². The zero-order valence-electron chi connectivity index (χ0n) is 17.7. The van der Waals surface area contributed by atoms with Crippen LogP contribution in [0.5, 0.6) is 11.5 Å². The largest absolute Gasteiger partial charge is 0.486 e. The first kappa shape index (κ1) is 20.4. The average molecular weight is 480 g/mol. The number of fused-ring (bicyclic) bond motifs is 2. The molecular weight excluding hydrogens is 458 g/mol. The molecule has 1 aromatic carbocycles. The molecule has 1 fully saturated rings. The maximum Gasteiger partial charge on any atom is 0.263 e. The second-order valence-corrected chi connectivity index (χ2v) is 9.94. The van der Waals surface area contributed by atoms with Gasteiger partial charge in [-0.15, -0.1) is 22.7 Å². The second kappa shape index (κ2) is 8.31. The van der Waals surface area contributed by atoms with Gasteiger partial charge in [-0.1, -0.05) is 12.1 Å². The first-order valence-corrected chi connectivity index (χ1v) is 12.6. The molecule has 168 valence electrons. The van der Waals surface area contributed by atoms with Crippen molar-refractivity contribution in [2.45, 2.75) is 25.4 Å². The molecule has 1 amide bonds. The van der Waals surface area contributed by atoms with Crippen LogP contribution in [0.4, 0.5) is 0 Å². The van der Waals surface area contributed by atoms with Gasteiger partial charge in [-0.2, -0.15) is 0 Å². The van der Waals surface area contributed by atoms with Gasteiger partial charge in [0.05, 0.1) is 17.8 Å². The van der Waals surface area contributed by atoms with E-state index < -0.39 is 0 Å². The summed E-state index contributed by atoms with van der Waals surface area (Å²) in [4.78, 5) is 34.7. The molecule has 0 saturated carbocycles. The molecule has 0 radical (unpaired) electrons. The van der Waals surface area contributed by atoms with E-state index in [0.717, 1.165) is 40.3 Å². The number of benzene rings is 1. The van der Waals surface area contributed by atoms with Gasteiger partial charge in [0, 0.05) is 22.4 Å². The van der Waals surface area contributed by atoms with Crippen molar-refractivity contribution in [1.82, 2.24) is 14.5 Å². The van der Waals surface area contributed by atoms with Crippen LogP contribution in [-0.2, 0) is 11.3 Å². The van der Waals surface area contributed by atoms with Crippen LogP contribution >= 0.6 is 22.7 Å². The third-order valence-electron chi connectivity index (χ3n) is 6.18. The monoisotopic (exact) mass is 479 g/mol. The van der Waals surface area contributed by atoms with Crippen molar-refractivity contribution < 1.29 is 14.3 Å². The van der Waals surface area contributed by atoms with Crippen LogP contribution in [-0.4, -0.2) is 40.1 Å². The Kier molecular flexibility index (Phi) is 5.15. The number of hydrogen-bond acceptors (Lipinski definition) is 7. The first-order valence-electron chi connectivity index (χ1n) is 10.9. The highest BCUT2D eigenvalue weighted by molar-refractivity contribution is 7.18. The van der Waals surface area contributed by atoms with Crippen LogP contribution in [0.1, 0.15) is 24.4 Å². The molecule has 2 aliphatic heterocycles. The number of likely N-dealkylation sites (tertiary alicyclic amines) is 1. The van der Waals surface area contributed by atoms with Crippen molar-refractivity contribution in [3.63, 3.8) is 0 Å². The molecule has 0 bridgehead atoms. The first-order chi connectivity index (χ1) is 16.2. The highest BCUT2D eigenvalue weighted by atomic mass is 32.1. The minimum atomic E-state index is -0.173. The van der Waals surface area contributed by atoms with E-state index in [1.54, 1.807) is 11.3 Å². The molecule has 0 N–H and O–H groups in total. The number of thiophene rings is 2. The molecule has 1 atom stereocenters. The van der Waals surface area contributed by atoms with Crippen LogP contribution < -0.4 is 15.0 Å². The number of carbonyl (C=O) groups excluding carboxylic acids is 1. The number of ether oxygens (including phenoxy) is 2. The summed E-state index contributed by atoms with van der Waals surface area (Å²) < 4.78 is 12.8. The van der Waals surface area contributed by atoms with Crippen molar-refractivity contribution in [2.24, 2.45) is 0 Å². The van der Waals surface area contributed by atoms with Gasteiger partial charge in [-0.05, 0) is 42.0 Å². The maximum atomic E-state index is 13.3. The molecule has 33 heavy (non-hydrogen) atoms. The predicted molar refractivity (Wildman–Crippen MR) is 128 cm³/mol. The number of amides is 1. The van der Waals surface area contributed by atoms with E-state index in [1.165, 1.54) is 22.2 Å². The minimum Gasteiger partial charge on any atom is -0.486 e. The van der Waals surface area contributed by atoms with E-state index in [4.69, 9.17) is 9.47 Å². The quantitative estimate of drug-likeness (QED) is 0.436. The van der Waals surface area contributed by atoms with E-state index in [9.17, 15) is 9.59 Å². The Bertz CT molecular complexity index is 1390. The SMILES string of the molecule is O=C(Cn1cnc2scc(-c3cccs3)c2c1=O)N1CCC[C@H]1c1ccc2c(c1)OCCO2. The van der Waals surface area contributed by atoms with Crippen LogP contribution in [0, 0.1) is 0 Å². The summed E-state index contributed by atoms with van der Waals surface area (Å²) in [5, 5.41) is 4.54. The molecule has 2 aliphatic rings. The molecule has 6 rings (SSSR count). The second-order valence-electron chi connectivity index (χ2n) is 8.13. The summed E-state index contributed by atoms with van der Waals surface area (Å²) in [6.45, 7) is 1.72. The molecule has 4 aromatic rings. The Morgan fingerprint density at radius 2 is 2.03 bits per heavy atom. The molecule has 0 spiro atoms. The standard InChI is InChI=1S/C24H21N3O4S2/c28-21(27-7-1-3-17(27)15-5-6-18-19(11-15)31-9-8-30-18)12-26-14-25-23-22(24(26)29)16(13-33-23)20-4-2-10-32-20/h2,4-6,10-11,13-14,17H,1,3,7-9,12H2/t17-/m0/s1. The van der Waals surface area contributed by atoms with Gasteiger partial charge in [0.2, 0.25) is 5.91 Å². The molecule has 9 heteroatoms. The molecule has 0 unspecified atom stereocenters. The summed E-state index contributed by atoms with van der Waals surface area (Å²) in [5.74, 6) is 1.38. The van der Waals surface area contributed by atoms with Crippen LogP contribution in [0.2, 0.25) is 0 Å². The topological polar surface area (TPSA) is 73.7 Å². The number of nitrogens with zero attached hydrogens (tertiary/aromatic N) is 3. The summed E-state index contributed by atoms with van der Waals surface area (Å²) >= 11 is 3.04.